The first kappa shape index (κ1) is 13.7. The van der Waals surface area contributed by atoms with E-state index in [1.807, 2.05) is 51.1 Å². The predicted octanol–water partition coefficient (Wildman–Crippen LogP) is 3.48. The van der Waals surface area contributed by atoms with Gasteiger partial charge in [-0.1, -0.05) is 39.0 Å². The number of pyridine rings is 1. The topological polar surface area (TPSA) is 39.2 Å². The summed E-state index contributed by atoms with van der Waals surface area (Å²) in [5.41, 5.74) is 1.11. The van der Waals surface area contributed by atoms with Crippen LogP contribution in [0.1, 0.15) is 31.1 Å². The quantitative estimate of drug-likeness (QED) is 0.790. The van der Waals surface area contributed by atoms with Crippen molar-refractivity contribution in [2.24, 2.45) is 5.41 Å². The van der Waals surface area contributed by atoms with Crippen LogP contribution in [0.4, 0.5) is 0 Å². The van der Waals surface area contributed by atoms with E-state index in [2.05, 4.69) is 4.98 Å². The highest BCUT2D eigenvalue weighted by Crippen LogP contribution is 2.27. The van der Waals surface area contributed by atoms with E-state index in [1.165, 1.54) is 0 Å². The summed E-state index contributed by atoms with van der Waals surface area (Å²) in [6.07, 6.45) is 1.23. The number of nitrogens with zero attached hydrogens (tertiary/aromatic N) is 1. The van der Waals surface area contributed by atoms with Crippen LogP contribution in [0.25, 0.3) is 10.9 Å². The van der Waals surface area contributed by atoms with Gasteiger partial charge in [0.1, 0.15) is 6.10 Å². The summed E-state index contributed by atoms with van der Waals surface area (Å²) in [7, 11) is 1.58. The molecule has 2 rings (SSSR count). The SMILES string of the molecule is COC(C(=O)c1cccc2cccnc12)C(C)(C)C. The van der Waals surface area contributed by atoms with Crippen molar-refractivity contribution in [3.05, 3.63) is 42.1 Å². The first-order valence-electron chi connectivity index (χ1n) is 6.36. The molecule has 100 valence electrons. The molecule has 2 aromatic rings. The van der Waals surface area contributed by atoms with Gasteiger partial charge in [0.15, 0.2) is 5.78 Å². The molecule has 0 amide bonds. The Morgan fingerprint density at radius 3 is 2.53 bits per heavy atom. The minimum Gasteiger partial charge on any atom is -0.373 e. The van der Waals surface area contributed by atoms with E-state index < -0.39 is 6.10 Å². The van der Waals surface area contributed by atoms with Crippen LogP contribution < -0.4 is 0 Å². The second-order valence-electron chi connectivity index (χ2n) is 5.73. The monoisotopic (exact) mass is 257 g/mol. The lowest BCUT2D eigenvalue weighted by molar-refractivity contribution is 0.0197. The van der Waals surface area contributed by atoms with Gasteiger partial charge in [0.05, 0.1) is 5.52 Å². The maximum Gasteiger partial charge on any atom is 0.194 e. The van der Waals surface area contributed by atoms with E-state index in [4.69, 9.17) is 4.74 Å². The highest BCUT2D eigenvalue weighted by molar-refractivity contribution is 6.09. The summed E-state index contributed by atoms with van der Waals surface area (Å²) in [5.74, 6) is -0.0145. The number of hydrogen-bond acceptors (Lipinski definition) is 3. The highest BCUT2D eigenvalue weighted by Gasteiger charge is 2.32. The molecule has 1 atom stereocenters. The van der Waals surface area contributed by atoms with Crippen molar-refractivity contribution >= 4 is 16.7 Å². The van der Waals surface area contributed by atoms with E-state index in [1.54, 1.807) is 13.3 Å². The number of ketones is 1. The Bertz CT molecular complexity index is 594. The smallest absolute Gasteiger partial charge is 0.194 e. The van der Waals surface area contributed by atoms with Gasteiger partial charge in [0.25, 0.3) is 0 Å². The molecule has 0 N–H and O–H groups in total. The number of methoxy groups -OCH3 is 1. The third-order valence-corrected chi connectivity index (χ3v) is 3.16. The molecule has 0 saturated carbocycles. The molecule has 0 aliphatic heterocycles. The number of para-hydroxylation sites is 1. The molecule has 1 unspecified atom stereocenters. The molecule has 1 heterocycles. The van der Waals surface area contributed by atoms with Gasteiger partial charge in [-0.3, -0.25) is 9.78 Å². The van der Waals surface area contributed by atoms with Crippen molar-refractivity contribution in [1.29, 1.82) is 0 Å². The van der Waals surface area contributed by atoms with Crippen LogP contribution in [0, 0.1) is 5.41 Å². The summed E-state index contributed by atoms with van der Waals surface area (Å²) < 4.78 is 5.40. The van der Waals surface area contributed by atoms with Gasteiger partial charge < -0.3 is 4.74 Å². The molecule has 1 aromatic carbocycles. The van der Waals surface area contributed by atoms with Crippen molar-refractivity contribution in [2.75, 3.05) is 7.11 Å². The van der Waals surface area contributed by atoms with Crippen molar-refractivity contribution < 1.29 is 9.53 Å². The van der Waals surface area contributed by atoms with E-state index >= 15 is 0 Å². The predicted molar refractivity (Wildman–Crippen MR) is 76.3 cm³/mol. The first-order valence-corrected chi connectivity index (χ1v) is 6.36. The minimum absolute atomic E-state index is 0.0145. The highest BCUT2D eigenvalue weighted by atomic mass is 16.5. The van der Waals surface area contributed by atoms with Crippen LogP contribution in [0.3, 0.4) is 0 Å². The van der Waals surface area contributed by atoms with Gasteiger partial charge in [0.2, 0.25) is 0 Å². The molecule has 0 spiro atoms. The van der Waals surface area contributed by atoms with Gasteiger partial charge in [-0.2, -0.15) is 0 Å². The average molecular weight is 257 g/mol. The number of carbonyl (C=O) groups excluding carboxylic acids is 1. The lowest BCUT2D eigenvalue weighted by atomic mass is 9.84. The second-order valence-corrected chi connectivity index (χ2v) is 5.73. The maximum absolute atomic E-state index is 12.7. The molecule has 0 radical (unpaired) electrons. The number of benzene rings is 1. The number of hydrogen-bond donors (Lipinski definition) is 0. The van der Waals surface area contributed by atoms with Crippen LogP contribution in [-0.4, -0.2) is 24.0 Å². The summed E-state index contributed by atoms with van der Waals surface area (Å²) in [6, 6.07) is 9.48. The molecule has 1 aromatic heterocycles. The lowest BCUT2D eigenvalue weighted by Crippen LogP contribution is -2.36. The standard InChI is InChI=1S/C16H19NO2/c1-16(2,3)15(19-4)14(18)12-9-5-7-11-8-6-10-17-13(11)12/h5-10,15H,1-4H3. The van der Waals surface area contributed by atoms with Gasteiger partial charge >= 0.3 is 0 Å². The second kappa shape index (κ2) is 5.10. The van der Waals surface area contributed by atoms with Crippen molar-refractivity contribution in [1.82, 2.24) is 4.98 Å². The van der Waals surface area contributed by atoms with Gasteiger partial charge in [-0.25, -0.2) is 0 Å². The van der Waals surface area contributed by atoms with Crippen molar-refractivity contribution in [3.63, 3.8) is 0 Å². The normalized spacial score (nSPS) is 13.5. The van der Waals surface area contributed by atoms with Crippen LogP contribution in [0.15, 0.2) is 36.5 Å². The van der Waals surface area contributed by atoms with Crippen molar-refractivity contribution in [2.45, 2.75) is 26.9 Å². The zero-order valence-electron chi connectivity index (χ0n) is 11.8. The molecule has 3 heteroatoms. The Hall–Kier alpha value is -1.74. The fraction of sp³-hybridized carbons (Fsp3) is 0.375. The number of carbonyl (C=O) groups is 1. The van der Waals surface area contributed by atoms with Crippen LogP contribution in [0.2, 0.25) is 0 Å². The summed E-state index contributed by atoms with van der Waals surface area (Å²) in [5, 5.41) is 0.970. The number of aromatic nitrogens is 1. The molecule has 19 heavy (non-hydrogen) atoms. The molecule has 3 nitrogen and oxygen atoms in total. The molecule has 0 fully saturated rings. The van der Waals surface area contributed by atoms with Gasteiger partial charge in [-0.05, 0) is 17.5 Å². The van der Waals surface area contributed by atoms with E-state index in [-0.39, 0.29) is 11.2 Å². The zero-order chi connectivity index (χ0) is 14.0. The maximum atomic E-state index is 12.7. The Morgan fingerprint density at radius 2 is 1.89 bits per heavy atom. The van der Waals surface area contributed by atoms with Gasteiger partial charge in [0, 0.05) is 24.3 Å². The number of rotatable bonds is 3. The lowest BCUT2D eigenvalue weighted by Gasteiger charge is -2.28. The average Bonchev–Trinajstić information content (AvgIpc) is 2.37. The Balaban J connectivity index is 2.53. The Morgan fingerprint density at radius 1 is 1.21 bits per heavy atom. The fourth-order valence-corrected chi connectivity index (χ4v) is 2.30. The summed E-state index contributed by atoms with van der Waals surface area (Å²) >= 11 is 0. The Labute approximate surface area is 113 Å². The van der Waals surface area contributed by atoms with E-state index in [9.17, 15) is 4.79 Å². The third-order valence-electron chi connectivity index (χ3n) is 3.16. The molecular weight excluding hydrogens is 238 g/mol. The largest absolute Gasteiger partial charge is 0.373 e. The molecular formula is C16H19NO2. The molecule has 0 aliphatic rings. The number of Topliss-reactive ketones (excluding diaryl/α,β-unsaturated/α-hetero) is 1. The first-order chi connectivity index (χ1) is 8.95. The Kier molecular flexibility index (Phi) is 3.67. The zero-order valence-corrected chi connectivity index (χ0v) is 11.8. The van der Waals surface area contributed by atoms with Crippen molar-refractivity contribution in [3.8, 4) is 0 Å². The molecule has 0 saturated heterocycles. The number of ether oxygens (including phenoxy) is 1. The van der Waals surface area contributed by atoms with E-state index in [0.717, 1.165) is 10.9 Å². The van der Waals surface area contributed by atoms with E-state index in [0.29, 0.717) is 5.56 Å². The van der Waals surface area contributed by atoms with Crippen LogP contribution >= 0.6 is 0 Å². The molecule has 0 aliphatic carbocycles. The van der Waals surface area contributed by atoms with Gasteiger partial charge in [-0.15, -0.1) is 0 Å². The third kappa shape index (κ3) is 2.66. The number of fused-ring (bicyclic) bond motifs is 1. The minimum atomic E-state index is -0.472. The van der Waals surface area contributed by atoms with Crippen LogP contribution in [0.5, 0.6) is 0 Å². The molecule has 0 bridgehead atoms. The fourth-order valence-electron chi connectivity index (χ4n) is 2.30. The summed E-state index contributed by atoms with van der Waals surface area (Å²) in [6.45, 7) is 5.99. The van der Waals surface area contributed by atoms with Crippen LogP contribution in [-0.2, 0) is 4.74 Å². The summed E-state index contributed by atoms with van der Waals surface area (Å²) in [4.78, 5) is 17.0.